The van der Waals surface area contributed by atoms with E-state index in [0.29, 0.717) is 51.9 Å². The van der Waals surface area contributed by atoms with Crippen LogP contribution in [0.15, 0.2) is 42.5 Å². The summed E-state index contributed by atoms with van der Waals surface area (Å²) in [6.07, 6.45) is 0.777. The second-order valence-corrected chi connectivity index (χ2v) is 8.89. The molecule has 2 fully saturated rings. The smallest absolute Gasteiger partial charge is 0.282 e. The van der Waals surface area contributed by atoms with Gasteiger partial charge in [0, 0.05) is 43.7 Å². The van der Waals surface area contributed by atoms with Crippen molar-refractivity contribution in [3.8, 4) is 17.1 Å². The van der Waals surface area contributed by atoms with Crippen LogP contribution < -0.4 is 4.74 Å². The molecule has 3 heterocycles. The van der Waals surface area contributed by atoms with Gasteiger partial charge in [0.1, 0.15) is 0 Å². The summed E-state index contributed by atoms with van der Waals surface area (Å²) in [6.45, 7) is 3.16. The van der Waals surface area contributed by atoms with Crippen LogP contribution in [-0.4, -0.2) is 73.2 Å². The second kappa shape index (κ2) is 8.52. The molecule has 0 spiro atoms. The van der Waals surface area contributed by atoms with E-state index in [2.05, 4.69) is 10.2 Å². The van der Waals surface area contributed by atoms with Gasteiger partial charge in [-0.2, -0.15) is 17.0 Å². The van der Waals surface area contributed by atoms with Crippen molar-refractivity contribution < 1.29 is 17.9 Å². The zero-order chi connectivity index (χ0) is 19.4. The van der Waals surface area contributed by atoms with Crippen molar-refractivity contribution in [1.29, 1.82) is 0 Å². The number of nitrogens with zero attached hydrogens (tertiary/aromatic N) is 4. The predicted molar refractivity (Wildman–Crippen MR) is 104 cm³/mol. The first-order valence-electron chi connectivity index (χ1n) is 9.48. The van der Waals surface area contributed by atoms with Crippen molar-refractivity contribution >= 4 is 10.2 Å². The van der Waals surface area contributed by atoms with Gasteiger partial charge in [-0.15, -0.1) is 10.2 Å². The summed E-state index contributed by atoms with van der Waals surface area (Å²) >= 11 is 0. The van der Waals surface area contributed by atoms with E-state index in [1.165, 1.54) is 4.31 Å². The van der Waals surface area contributed by atoms with Crippen molar-refractivity contribution in [3.63, 3.8) is 0 Å². The first kappa shape index (κ1) is 19.3. The standard InChI is InChI=1S/C19H24N4O4S/c24-28(25,22-10-12-26-13-11-22)23-9-8-16(14-23)15-27-19-7-6-18(20-21-19)17-4-2-1-3-5-17/h1-7,16H,8-15H2. The van der Waals surface area contributed by atoms with Crippen LogP contribution in [0.25, 0.3) is 11.3 Å². The van der Waals surface area contributed by atoms with Gasteiger partial charge >= 0.3 is 0 Å². The summed E-state index contributed by atoms with van der Waals surface area (Å²) in [6, 6.07) is 13.5. The van der Waals surface area contributed by atoms with Crippen molar-refractivity contribution in [2.45, 2.75) is 6.42 Å². The molecular weight excluding hydrogens is 380 g/mol. The van der Waals surface area contributed by atoms with Crippen LogP contribution in [0.3, 0.4) is 0 Å². The third-order valence-electron chi connectivity index (χ3n) is 5.05. The number of hydrogen-bond donors (Lipinski definition) is 0. The normalized spacial score (nSPS) is 21.6. The zero-order valence-corrected chi connectivity index (χ0v) is 16.4. The molecule has 0 radical (unpaired) electrons. The zero-order valence-electron chi connectivity index (χ0n) is 15.6. The molecule has 2 saturated heterocycles. The lowest BCUT2D eigenvalue weighted by Gasteiger charge is -2.30. The minimum atomic E-state index is -3.41. The molecule has 1 aromatic carbocycles. The molecule has 0 saturated carbocycles. The van der Waals surface area contributed by atoms with Crippen molar-refractivity contribution in [3.05, 3.63) is 42.5 Å². The molecule has 9 heteroatoms. The highest BCUT2D eigenvalue weighted by atomic mass is 32.2. The van der Waals surface area contributed by atoms with Gasteiger partial charge in [0.05, 0.1) is 25.5 Å². The minimum Gasteiger partial charge on any atom is -0.476 e. The third kappa shape index (κ3) is 4.33. The molecule has 0 bridgehead atoms. The maximum atomic E-state index is 12.7. The summed E-state index contributed by atoms with van der Waals surface area (Å²) in [5.41, 5.74) is 1.79. The summed E-state index contributed by atoms with van der Waals surface area (Å²) < 4.78 is 39.5. The van der Waals surface area contributed by atoms with Crippen LogP contribution in [0.1, 0.15) is 6.42 Å². The van der Waals surface area contributed by atoms with E-state index in [1.54, 1.807) is 10.4 Å². The van der Waals surface area contributed by atoms with E-state index in [9.17, 15) is 8.42 Å². The fourth-order valence-electron chi connectivity index (χ4n) is 3.45. The highest BCUT2D eigenvalue weighted by Gasteiger charge is 2.36. The van der Waals surface area contributed by atoms with Crippen LogP contribution in [0.4, 0.5) is 0 Å². The largest absolute Gasteiger partial charge is 0.476 e. The number of hydrogen-bond acceptors (Lipinski definition) is 6. The minimum absolute atomic E-state index is 0.145. The average molecular weight is 404 g/mol. The number of rotatable bonds is 6. The quantitative estimate of drug-likeness (QED) is 0.724. The van der Waals surface area contributed by atoms with Crippen molar-refractivity contribution in [1.82, 2.24) is 18.8 Å². The molecule has 0 amide bonds. The Balaban J connectivity index is 1.30. The molecule has 2 aliphatic rings. The monoisotopic (exact) mass is 404 g/mol. The molecule has 2 aromatic rings. The van der Waals surface area contributed by atoms with Gasteiger partial charge < -0.3 is 9.47 Å². The fourth-order valence-corrected chi connectivity index (χ4v) is 5.12. The Kier molecular flexibility index (Phi) is 5.86. The van der Waals surface area contributed by atoms with Crippen molar-refractivity contribution in [2.75, 3.05) is 46.0 Å². The van der Waals surface area contributed by atoms with Gasteiger partial charge in [-0.05, 0) is 12.5 Å². The molecule has 0 N–H and O–H groups in total. The van der Waals surface area contributed by atoms with Gasteiger partial charge in [-0.25, -0.2) is 0 Å². The lowest BCUT2D eigenvalue weighted by Crippen LogP contribution is -2.47. The van der Waals surface area contributed by atoms with Crippen LogP contribution >= 0.6 is 0 Å². The molecule has 28 heavy (non-hydrogen) atoms. The van der Waals surface area contributed by atoms with Gasteiger partial charge in [0.2, 0.25) is 5.88 Å². The molecule has 1 atom stereocenters. The molecule has 1 aromatic heterocycles. The van der Waals surface area contributed by atoms with Crippen LogP contribution in [-0.2, 0) is 14.9 Å². The Bertz CT molecular complexity index is 871. The molecule has 1 unspecified atom stereocenters. The van der Waals surface area contributed by atoms with E-state index in [4.69, 9.17) is 9.47 Å². The van der Waals surface area contributed by atoms with Gasteiger partial charge in [-0.1, -0.05) is 30.3 Å². The maximum Gasteiger partial charge on any atom is 0.282 e. The van der Waals surface area contributed by atoms with Gasteiger partial charge in [0.15, 0.2) is 0 Å². The number of ether oxygens (including phenoxy) is 2. The number of morpholine rings is 1. The van der Waals surface area contributed by atoms with Crippen molar-refractivity contribution in [2.24, 2.45) is 5.92 Å². The first-order valence-corrected chi connectivity index (χ1v) is 10.9. The van der Waals surface area contributed by atoms with Crippen LogP contribution in [0, 0.1) is 5.92 Å². The maximum absolute atomic E-state index is 12.7. The fraction of sp³-hybridized carbons (Fsp3) is 0.474. The Morgan fingerprint density at radius 1 is 1.00 bits per heavy atom. The highest BCUT2D eigenvalue weighted by molar-refractivity contribution is 7.86. The lowest BCUT2D eigenvalue weighted by molar-refractivity contribution is 0.0705. The number of benzene rings is 1. The summed E-state index contributed by atoms with van der Waals surface area (Å²) in [5.74, 6) is 0.598. The second-order valence-electron chi connectivity index (χ2n) is 6.97. The van der Waals surface area contributed by atoms with Gasteiger partial charge in [0.25, 0.3) is 10.2 Å². The summed E-state index contributed by atoms with van der Waals surface area (Å²) in [5, 5.41) is 8.34. The molecule has 2 aliphatic heterocycles. The Hall–Kier alpha value is -2.07. The first-order chi connectivity index (χ1) is 13.6. The lowest BCUT2D eigenvalue weighted by atomic mass is 10.1. The van der Waals surface area contributed by atoms with E-state index >= 15 is 0 Å². The summed E-state index contributed by atoms with van der Waals surface area (Å²) in [4.78, 5) is 0. The summed E-state index contributed by atoms with van der Waals surface area (Å²) in [7, 11) is -3.41. The highest BCUT2D eigenvalue weighted by Crippen LogP contribution is 2.23. The Morgan fingerprint density at radius 2 is 1.79 bits per heavy atom. The van der Waals surface area contributed by atoms with Crippen LogP contribution in [0.5, 0.6) is 5.88 Å². The van der Waals surface area contributed by atoms with Crippen LogP contribution in [0.2, 0.25) is 0 Å². The van der Waals surface area contributed by atoms with E-state index < -0.39 is 10.2 Å². The molecule has 4 rings (SSSR count). The topological polar surface area (TPSA) is 84.9 Å². The van der Waals surface area contributed by atoms with E-state index in [-0.39, 0.29) is 5.92 Å². The predicted octanol–water partition coefficient (Wildman–Crippen LogP) is 1.42. The molecule has 150 valence electrons. The van der Waals surface area contributed by atoms with E-state index in [0.717, 1.165) is 17.7 Å². The molecular formula is C19H24N4O4S. The van der Waals surface area contributed by atoms with E-state index in [1.807, 2.05) is 36.4 Å². The number of aromatic nitrogens is 2. The molecule has 8 nitrogen and oxygen atoms in total. The average Bonchev–Trinajstić information content (AvgIpc) is 3.24. The Morgan fingerprint density at radius 3 is 2.50 bits per heavy atom. The Labute approximate surface area is 165 Å². The third-order valence-corrected chi connectivity index (χ3v) is 7.05. The molecule has 0 aliphatic carbocycles. The van der Waals surface area contributed by atoms with Gasteiger partial charge in [-0.3, -0.25) is 0 Å². The SMILES string of the molecule is O=S(=O)(N1CCOCC1)N1CCC(COc2ccc(-c3ccccc3)nn2)C1.